The average Bonchev–Trinajstić information content (AvgIpc) is 2.57. The molecule has 1 heterocycles. The minimum Gasteiger partial charge on any atom is -0.233 e. The number of hydrogen-bond donors (Lipinski definition) is 0. The normalized spacial score (nSPS) is 12.1. The number of rotatable bonds is 1. The lowest BCUT2D eigenvalue weighted by atomic mass is 10.3. The van der Waals surface area contributed by atoms with E-state index >= 15 is 0 Å². The van der Waals surface area contributed by atoms with Gasteiger partial charge in [0.2, 0.25) is 0 Å². The molecule has 78 valence electrons. The summed E-state index contributed by atoms with van der Waals surface area (Å²) in [5.41, 5.74) is 0.634. The Labute approximate surface area is 106 Å². The van der Waals surface area contributed by atoms with E-state index in [1.807, 2.05) is 0 Å². The van der Waals surface area contributed by atoms with E-state index in [0.717, 1.165) is 0 Å². The van der Waals surface area contributed by atoms with E-state index in [4.69, 9.17) is 11.6 Å². The summed E-state index contributed by atoms with van der Waals surface area (Å²) in [6.07, 6.45) is 0. The monoisotopic (exact) mass is 324 g/mol. The van der Waals surface area contributed by atoms with Crippen molar-refractivity contribution in [3.63, 3.8) is 0 Å². The van der Waals surface area contributed by atoms with Crippen LogP contribution in [0.25, 0.3) is 0 Å². The van der Waals surface area contributed by atoms with Crippen molar-refractivity contribution in [1.29, 1.82) is 0 Å². The Hall–Kier alpha value is -0.300. The Morgan fingerprint density at radius 3 is 2.87 bits per heavy atom. The maximum Gasteiger partial charge on any atom is 0.179 e. The van der Waals surface area contributed by atoms with E-state index in [2.05, 4.69) is 25.3 Å². The Morgan fingerprint density at radius 2 is 2.27 bits per heavy atom. The second-order valence-corrected chi connectivity index (χ2v) is 5.60. The van der Waals surface area contributed by atoms with Gasteiger partial charge in [0.25, 0.3) is 0 Å². The predicted molar refractivity (Wildman–Crippen MR) is 64.3 cm³/mol. The van der Waals surface area contributed by atoms with Crippen molar-refractivity contribution in [3.05, 3.63) is 38.3 Å². The van der Waals surface area contributed by atoms with Crippen LogP contribution in [0.3, 0.4) is 0 Å². The molecule has 0 saturated heterocycles. The van der Waals surface area contributed by atoms with Crippen molar-refractivity contribution < 1.29 is 4.39 Å². The lowest BCUT2D eigenvalue weighted by Gasteiger charge is -1.96. The zero-order chi connectivity index (χ0) is 10.8. The fraction of sp³-hybridized carbons (Fsp3) is 0. The van der Waals surface area contributed by atoms with Crippen molar-refractivity contribution in [2.75, 3.05) is 0 Å². The van der Waals surface area contributed by atoms with E-state index in [1.54, 1.807) is 6.07 Å². The third kappa shape index (κ3) is 2.63. The first-order valence-corrected chi connectivity index (χ1v) is 7.06. The highest BCUT2D eigenvalue weighted by atomic mass is 79.9. The maximum atomic E-state index is 12.8. The Kier molecular flexibility index (Phi) is 3.50. The highest BCUT2D eigenvalue weighted by Gasteiger charge is 2.02. The third-order valence-electron chi connectivity index (χ3n) is 1.54. The molecule has 2 aromatic rings. The van der Waals surface area contributed by atoms with Crippen molar-refractivity contribution in [3.8, 4) is 0 Å². The summed E-state index contributed by atoms with van der Waals surface area (Å²) in [7, 11) is 2.65. The lowest BCUT2D eigenvalue weighted by molar-refractivity contribution is 0.627. The van der Waals surface area contributed by atoms with Crippen LogP contribution in [0.2, 0.25) is 5.15 Å². The van der Waals surface area contributed by atoms with Gasteiger partial charge < -0.3 is 0 Å². The van der Waals surface area contributed by atoms with Gasteiger partial charge in [-0.3, -0.25) is 0 Å². The van der Waals surface area contributed by atoms with Gasteiger partial charge in [-0.2, -0.15) is 4.37 Å². The summed E-state index contributed by atoms with van der Waals surface area (Å²) in [5.74, 6) is -0.306. The van der Waals surface area contributed by atoms with Gasteiger partial charge in [-0.25, -0.2) is 9.38 Å². The van der Waals surface area contributed by atoms with Crippen LogP contribution in [0.5, 0.6) is 0 Å². The highest BCUT2D eigenvalue weighted by molar-refractivity contribution is 9.10. The van der Waals surface area contributed by atoms with E-state index < -0.39 is 0 Å². The molecule has 0 atom stereocenters. The van der Waals surface area contributed by atoms with Crippen LogP contribution in [-0.4, -0.2) is 4.37 Å². The topological polar surface area (TPSA) is 25.2 Å². The number of hydrogen-bond acceptors (Lipinski definition) is 4. The van der Waals surface area contributed by atoms with Gasteiger partial charge in [-0.05, 0) is 44.5 Å². The Morgan fingerprint density at radius 1 is 1.47 bits per heavy atom. The first kappa shape index (κ1) is 11.2. The first-order chi connectivity index (χ1) is 7.16. The molecule has 0 aliphatic heterocycles. The number of nitrogens with zero attached hydrogens (tertiary/aromatic N) is 2. The minimum absolute atomic E-state index is 0.306. The Bertz CT molecular complexity index is 552. The van der Waals surface area contributed by atoms with E-state index in [9.17, 15) is 4.39 Å². The summed E-state index contributed by atoms with van der Waals surface area (Å²) in [5, 5.41) is 0.376. The van der Waals surface area contributed by atoms with Crippen LogP contribution in [-0.2, 0) is 0 Å². The molecule has 0 fully saturated rings. The predicted octanol–water partition coefficient (Wildman–Crippen LogP) is 3.99. The zero-order valence-electron chi connectivity index (χ0n) is 7.08. The second kappa shape index (κ2) is 4.69. The molecule has 2 nitrogen and oxygen atoms in total. The van der Waals surface area contributed by atoms with Crippen LogP contribution in [0.4, 0.5) is 10.1 Å². The molecule has 0 N–H and O–H groups in total. The third-order valence-corrected chi connectivity index (χ3v) is 4.35. The van der Waals surface area contributed by atoms with Crippen molar-refractivity contribution in [1.82, 2.24) is 4.37 Å². The first-order valence-electron chi connectivity index (χ1n) is 3.78. The molecule has 0 unspecified atom stereocenters. The molecular weight excluding hydrogens is 323 g/mol. The van der Waals surface area contributed by atoms with Gasteiger partial charge in [0.1, 0.15) is 5.82 Å². The molecule has 0 aliphatic carbocycles. The van der Waals surface area contributed by atoms with Crippen LogP contribution in [0, 0.1) is 5.82 Å². The molecule has 1 aromatic heterocycles. The second-order valence-electron chi connectivity index (χ2n) is 2.55. The summed E-state index contributed by atoms with van der Waals surface area (Å²) in [4.78, 5) is 4.26. The minimum atomic E-state index is -0.306. The van der Waals surface area contributed by atoms with Crippen molar-refractivity contribution in [2.24, 2.45) is 4.99 Å². The summed E-state index contributed by atoms with van der Waals surface area (Å²) in [6.45, 7) is 0. The number of aromatic nitrogens is 1. The molecule has 0 saturated carbocycles. The summed E-state index contributed by atoms with van der Waals surface area (Å²) >= 11 is 9.03. The van der Waals surface area contributed by atoms with Gasteiger partial charge in [-0.1, -0.05) is 11.6 Å². The van der Waals surface area contributed by atoms with Gasteiger partial charge in [0.05, 0.1) is 5.69 Å². The lowest BCUT2D eigenvalue weighted by Crippen LogP contribution is -1.92. The number of halogens is 3. The summed E-state index contributed by atoms with van der Waals surface area (Å²) < 4.78 is 17.9. The largest absolute Gasteiger partial charge is 0.233 e. The number of benzene rings is 1. The van der Waals surface area contributed by atoms with E-state index in [0.29, 0.717) is 20.0 Å². The van der Waals surface area contributed by atoms with Gasteiger partial charge in [-0.15, -0.1) is 0 Å². The molecule has 0 aliphatic rings. The summed E-state index contributed by atoms with van der Waals surface area (Å²) in [6, 6.07) is 4.29. The van der Waals surface area contributed by atoms with Gasteiger partial charge >= 0.3 is 0 Å². The smallest absolute Gasteiger partial charge is 0.179 e. The quantitative estimate of drug-likeness (QED) is 0.728. The van der Waals surface area contributed by atoms with Crippen LogP contribution >= 0.6 is 48.4 Å². The van der Waals surface area contributed by atoms with Gasteiger partial charge in [0, 0.05) is 15.0 Å². The van der Waals surface area contributed by atoms with E-state index in [-0.39, 0.29) is 5.82 Å². The van der Waals surface area contributed by atoms with Gasteiger partial charge in [0.15, 0.2) is 9.82 Å². The van der Waals surface area contributed by atoms with E-state index in [1.165, 1.54) is 33.0 Å². The highest BCUT2D eigenvalue weighted by Crippen LogP contribution is 2.25. The molecule has 0 spiro atoms. The van der Waals surface area contributed by atoms with Crippen molar-refractivity contribution >= 4 is 54.1 Å². The van der Waals surface area contributed by atoms with Crippen molar-refractivity contribution in [2.45, 2.75) is 0 Å². The average molecular weight is 326 g/mol. The van der Waals surface area contributed by atoms with Crippen LogP contribution in [0.15, 0.2) is 27.7 Å². The maximum absolute atomic E-state index is 12.8. The zero-order valence-corrected chi connectivity index (χ0v) is 11.1. The molecule has 0 amide bonds. The fourth-order valence-electron chi connectivity index (χ4n) is 0.906. The SMILES string of the molecule is Fc1ccc(N=c2ssnc2Cl)c(Br)c1. The molecule has 1 aromatic carbocycles. The van der Waals surface area contributed by atoms with Crippen LogP contribution < -0.4 is 4.67 Å². The molecule has 2 rings (SSSR count). The molecule has 15 heavy (non-hydrogen) atoms. The Balaban J connectivity index is 2.53. The molecular formula is C8H3BrClFN2S2. The molecule has 0 radical (unpaired) electrons. The standard InChI is InChI=1S/C8H3BrClFN2S2/c9-5-3-4(11)1-2-6(5)12-8-7(10)13-15-14-8/h1-3H. The molecule has 0 bridgehead atoms. The fourth-order valence-corrected chi connectivity index (χ4v) is 3.33. The van der Waals surface area contributed by atoms with Crippen LogP contribution in [0.1, 0.15) is 0 Å². The molecule has 7 heteroatoms.